The molecule has 0 atom stereocenters. The predicted molar refractivity (Wildman–Crippen MR) is 63.9 cm³/mol. The van der Waals surface area contributed by atoms with E-state index < -0.39 is 0 Å². The first-order valence-electron chi connectivity index (χ1n) is 5.41. The molecule has 0 spiro atoms. The number of nitrogens with two attached hydrogens (primary N) is 1. The molecule has 1 aliphatic rings. The molecule has 86 valence electrons. The largest absolute Gasteiger partial charge is 0.399 e. The molecular weight excluding hydrogens is 204 g/mol. The Labute approximate surface area is 95.0 Å². The molecule has 0 radical (unpaired) electrons. The van der Waals surface area contributed by atoms with Gasteiger partial charge in [-0.1, -0.05) is 0 Å². The van der Waals surface area contributed by atoms with E-state index in [0.717, 1.165) is 18.8 Å². The van der Waals surface area contributed by atoms with E-state index in [4.69, 9.17) is 10.5 Å². The Morgan fingerprint density at radius 3 is 2.69 bits per heavy atom. The van der Waals surface area contributed by atoms with Crippen molar-refractivity contribution in [2.75, 3.05) is 36.9 Å². The minimum Gasteiger partial charge on any atom is -0.399 e. The van der Waals surface area contributed by atoms with Crippen LogP contribution in [0.1, 0.15) is 17.3 Å². The van der Waals surface area contributed by atoms with Gasteiger partial charge in [0.05, 0.1) is 13.2 Å². The molecule has 0 amide bonds. The van der Waals surface area contributed by atoms with Gasteiger partial charge in [0, 0.05) is 30.0 Å². The first-order valence-corrected chi connectivity index (χ1v) is 5.41. The van der Waals surface area contributed by atoms with Crippen LogP contribution in [0.15, 0.2) is 18.2 Å². The lowest BCUT2D eigenvalue weighted by Crippen LogP contribution is -2.37. The Bertz CT molecular complexity index is 398. The average molecular weight is 220 g/mol. The fourth-order valence-corrected chi connectivity index (χ4v) is 1.92. The number of nitrogen functional groups attached to an aromatic ring is 1. The third-order valence-electron chi connectivity index (χ3n) is 2.75. The predicted octanol–water partition coefficient (Wildman–Crippen LogP) is 1.31. The van der Waals surface area contributed by atoms with Crippen LogP contribution < -0.4 is 10.6 Å². The number of Topliss-reactive ketones (excluding diaryl/α,β-unsaturated/α-hetero) is 1. The Morgan fingerprint density at radius 2 is 2.06 bits per heavy atom. The van der Waals surface area contributed by atoms with Crippen molar-refractivity contribution in [1.82, 2.24) is 0 Å². The monoisotopic (exact) mass is 220 g/mol. The van der Waals surface area contributed by atoms with Crippen LogP contribution in [0.4, 0.5) is 11.4 Å². The summed E-state index contributed by atoms with van der Waals surface area (Å²) >= 11 is 0. The maximum absolute atomic E-state index is 11.5. The van der Waals surface area contributed by atoms with Gasteiger partial charge in [-0.05, 0) is 25.1 Å². The molecule has 0 bridgehead atoms. The summed E-state index contributed by atoms with van der Waals surface area (Å²) in [7, 11) is 0. The summed E-state index contributed by atoms with van der Waals surface area (Å²) in [6, 6.07) is 5.49. The summed E-state index contributed by atoms with van der Waals surface area (Å²) in [6.07, 6.45) is 0. The van der Waals surface area contributed by atoms with E-state index in [1.807, 2.05) is 12.1 Å². The van der Waals surface area contributed by atoms with Gasteiger partial charge in [0.2, 0.25) is 0 Å². The molecule has 1 fully saturated rings. The molecule has 1 heterocycles. The summed E-state index contributed by atoms with van der Waals surface area (Å²) in [5.74, 6) is 0.0498. The summed E-state index contributed by atoms with van der Waals surface area (Å²) < 4.78 is 5.29. The number of hydrogen-bond acceptors (Lipinski definition) is 4. The number of nitrogens with zero attached hydrogens (tertiary/aromatic N) is 1. The van der Waals surface area contributed by atoms with Gasteiger partial charge in [-0.15, -0.1) is 0 Å². The highest BCUT2D eigenvalue weighted by Gasteiger charge is 2.16. The molecule has 0 aromatic heterocycles. The van der Waals surface area contributed by atoms with E-state index in [1.54, 1.807) is 13.0 Å². The van der Waals surface area contributed by atoms with E-state index >= 15 is 0 Å². The van der Waals surface area contributed by atoms with Crippen LogP contribution in [0, 0.1) is 0 Å². The fraction of sp³-hybridized carbons (Fsp3) is 0.417. The number of anilines is 2. The van der Waals surface area contributed by atoms with Crippen LogP contribution in [-0.2, 0) is 4.74 Å². The number of carbonyl (C=O) groups is 1. The lowest BCUT2D eigenvalue weighted by molar-refractivity contribution is 0.101. The molecule has 0 saturated carbocycles. The van der Waals surface area contributed by atoms with Crippen LogP contribution >= 0.6 is 0 Å². The Balaban J connectivity index is 2.34. The minimum atomic E-state index is 0.0498. The number of carbonyl (C=O) groups excluding carboxylic acids is 1. The second-order valence-corrected chi connectivity index (χ2v) is 3.93. The number of rotatable bonds is 2. The van der Waals surface area contributed by atoms with E-state index in [-0.39, 0.29) is 5.78 Å². The SMILES string of the molecule is CC(=O)c1cc(N)ccc1N1CCOCC1. The van der Waals surface area contributed by atoms with E-state index in [2.05, 4.69) is 4.90 Å². The second kappa shape index (κ2) is 4.53. The van der Waals surface area contributed by atoms with Crippen molar-refractivity contribution in [3.63, 3.8) is 0 Å². The highest BCUT2D eigenvalue weighted by Crippen LogP contribution is 2.24. The maximum atomic E-state index is 11.5. The van der Waals surface area contributed by atoms with Crippen LogP contribution in [0.5, 0.6) is 0 Å². The number of ether oxygens (including phenoxy) is 1. The van der Waals surface area contributed by atoms with Crippen LogP contribution in [-0.4, -0.2) is 32.1 Å². The third kappa shape index (κ3) is 2.17. The zero-order valence-corrected chi connectivity index (χ0v) is 9.40. The quantitative estimate of drug-likeness (QED) is 0.603. The van der Waals surface area contributed by atoms with E-state index in [0.29, 0.717) is 24.5 Å². The normalized spacial score (nSPS) is 16.2. The lowest BCUT2D eigenvalue weighted by atomic mass is 10.1. The summed E-state index contributed by atoms with van der Waals surface area (Å²) in [6.45, 7) is 4.64. The van der Waals surface area contributed by atoms with Crippen molar-refractivity contribution in [1.29, 1.82) is 0 Å². The van der Waals surface area contributed by atoms with Crippen molar-refractivity contribution in [2.45, 2.75) is 6.92 Å². The van der Waals surface area contributed by atoms with Crippen LogP contribution in [0.25, 0.3) is 0 Å². The molecule has 1 aromatic carbocycles. The average Bonchev–Trinajstić information content (AvgIpc) is 2.30. The molecule has 1 aliphatic heterocycles. The van der Waals surface area contributed by atoms with Gasteiger partial charge >= 0.3 is 0 Å². The molecule has 16 heavy (non-hydrogen) atoms. The van der Waals surface area contributed by atoms with Crippen LogP contribution in [0.2, 0.25) is 0 Å². The van der Waals surface area contributed by atoms with Gasteiger partial charge < -0.3 is 15.4 Å². The number of hydrogen-bond donors (Lipinski definition) is 1. The molecule has 4 nitrogen and oxygen atoms in total. The number of benzene rings is 1. The number of ketones is 1. The van der Waals surface area contributed by atoms with Gasteiger partial charge in [0.1, 0.15) is 0 Å². The maximum Gasteiger partial charge on any atom is 0.161 e. The first kappa shape index (κ1) is 11.0. The Kier molecular flexibility index (Phi) is 3.10. The van der Waals surface area contributed by atoms with Crippen molar-refractivity contribution < 1.29 is 9.53 Å². The van der Waals surface area contributed by atoms with Crippen molar-refractivity contribution in [2.24, 2.45) is 0 Å². The molecule has 2 N–H and O–H groups in total. The zero-order valence-electron chi connectivity index (χ0n) is 9.40. The molecule has 0 aliphatic carbocycles. The lowest BCUT2D eigenvalue weighted by Gasteiger charge is -2.30. The zero-order chi connectivity index (χ0) is 11.5. The highest BCUT2D eigenvalue weighted by atomic mass is 16.5. The van der Waals surface area contributed by atoms with Gasteiger partial charge in [-0.2, -0.15) is 0 Å². The van der Waals surface area contributed by atoms with Crippen molar-refractivity contribution in [3.05, 3.63) is 23.8 Å². The standard InChI is InChI=1S/C12H16N2O2/c1-9(15)11-8-10(13)2-3-12(11)14-4-6-16-7-5-14/h2-3,8H,4-7,13H2,1H3. The van der Waals surface area contributed by atoms with Gasteiger partial charge in [0.25, 0.3) is 0 Å². The molecule has 4 heteroatoms. The van der Waals surface area contributed by atoms with E-state index in [9.17, 15) is 4.79 Å². The molecule has 1 saturated heterocycles. The van der Waals surface area contributed by atoms with Crippen molar-refractivity contribution in [3.8, 4) is 0 Å². The number of morpholine rings is 1. The highest BCUT2D eigenvalue weighted by molar-refractivity contribution is 6.00. The Morgan fingerprint density at radius 1 is 1.38 bits per heavy atom. The second-order valence-electron chi connectivity index (χ2n) is 3.93. The molecular formula is C12H16N2O2. The third-order valence-corrected chi connectivity index (χ3v) is 2.75. The van der Waals surface area contributed by atoms with Crippen LogP contribution in [0.3, 0.4) is 0 Å². The first-order chi connectivity index (χ1) is 7.68. The van der Waals surface area contributed by atoms with Gasteiger partial charge in [-0.3, -0.25) is 4.79 Å². The summed E-state index contributed by atoms with van der Waals surface area (Å²) in [4.78, 5) is 13.7. The summed E-state index contributed by atoms with van der Waals surface area (Å²) in [5, 5.41) is 0. The molecule has 2 rings (SSSR count). The van der Waals surface area contributed by atoms with Gasteiger partial charge in [-0.25, -0.2) is 0 Å². The smallest absolute Gasteiger partial charge is 0.161 e. The molecule has 1 aromatic rings. The van der Waals surface area contributed by atoms with Gasteiger partial charge in [0.15, 0.2) is 5.78 Å². The van der Waals surface area contributed by atoms with Crippen molar-refractivity contribution >= 4 is 17.2 Å². The minimum absolute atomic E-state index is 0.0498. The fourth-order valence-electron chi connectivity index (χ4n) is 1.92. The Hall–Kier alpha value is -1.55. The van der Waals surface area contributed by atoms with E-state index in [1.165, 1.54) is 0 Å². The molecule has 0 unspecified atom stereocenters. The topological polar surface area (TPSA) is 55.6 Å². The summed E-state index contributed by atoms with van der Waals surface area (Å²) in [5.41, 5.74) is 7.99.